The molecule has 0 aliphatic carbocycles. The summed E-state index contributed by atoms with van der Waals surface area (Å²) in [5.41, 5.74) is 0.834. The molecule has 0 saturated heterocycles. The van der Waals surface area contributed by atoms with Gasteiger partial charge in [0.25, 0.3) is 0 Å². The smallest absolute Gasteiger partial charge is 0.207 e. The maximum atomic E-state index is 12.2. The number of benzene rings is 2. The second-order valence-electron chi connectivity index (χ2n) is 3.99. The second-order valence-corrected chi connectivity index (χ2v) is 7.42. The molecule has 0 aliphatic heterocycles. The summed E-state index contributed by atoms with van der Waals surface area (Å²) in [6, 6.07) is 11.6. The third kappa shape index (κ3) is 3.74. The van der Waals surface area contributed by atoms with E-state index in [1.54, 1.807) is 0 Å². The largest absolute Gasteiger partial charge is 0.242 e. The van der Waals surface area contributed by atoms with Gasteiger partial charge >= 0.3 is 0 Å². The third-order valence-corrected chi connectivity index (χ3v) is 5.49. The van der Waals surface area contributed by atoms with Gasteiger partial charge in [-0.25, -0.2) is 13.1 Å². The molecule has 1 N–H and O–H groups in total. The quantitative estimate of drug-likeness (QED) is 0.843. The third-order valence-electron chi connectivity index (χ3n) is 2.59. The van der Waals surface area contributed by atoms with Crippen molar-refractivity contribution in [3.63, 3.8) is 0 Å². The van der Waals surface area contributed by atoms with Gasteiger partial charge in [0.05, 0.1) is 5.02 Å². The summed E-state index contributed by atoms with van der Waals surface area (Å²) in [5, 5.41) is 0.483. The van der Waals surface area contributed by atoms with Crippen LogP contribution < -0.4 is 4.72 Å². The highest BCUT2D eigenvalue weighted by molar-refractivity contribution is 9.10. The SMILES string of the molecule is O=S(=O)(NCc1ccccc1Br)c1ccc(Cl)cc1Cl. The number of rotatable bonds is 4. The maximum Gasteiger partial charge on any atom is 0.242 e. The van der Waals surface area contributed by atoms with Crippen LogP contribution in [0.25, 0.3) is 0 Å². The Bertz CT molecular complexity index is 735. The van der Waals surface area contributed by atoms with Gasteiger partial charge in [-0.1, -0.05) is 57.3 Å². The lowest BCUT2D eigenvalue weighted by Gasteiger charge is -2.09. The molecule has 0 fully saturated rings. The molecule has 3 nitrogen and oxygen atoms in total. The summed E-state index contributed by atoms with van der Waals surface area (Å²) in [6.07, 6.45) is 0. The van der Waals surface area contributed by atoms with Crippen LogP contribution in [0, 0.1) is 0 Å². The van der Waals surface area contributed by atoms with Crippen molar-refractivity contribution in [1.29, 1.82) is 0 Å². The fraction of sp³-hybridized carbons (Fsp3) is 0.0769. The van der Waals surface area contributed by atoms with E-state index in [1.807, 2.05) is 24.3 Å². The molecule has 20 heavy (non-hydrogen) atoms. The minimum absolute atomic E-state index is 0.00983. The molecule has 0 aliphatic rings. The molecule has 2 aromatic carbocycles. The van der Waals surface area contributed by atoms with Crippen LogP contribution in [0.5, 0.6) is 0 Å². The monoisotopic (exact) mass is 393 g/mol. The Kier molecular flexibility index (Phi) is 5.09. The molecule has 7 heteroatoms. The topological polar surface area (TPSA) is 46.2 Å². The van der Waals surface area contributed by atoms with Gasteiger partial charge in [0.15, 0.2) is 0 Å². The van der Waals surface area contributed by atoms with Gasteiger partial charge in [-0.2, -0.15) is 0 Å². The lowest BCUT2D eigenvalue weighted by atomic mass is 10.2. The summed E-state index contributed by atoms with van der Waals surface area (Å²) in [7, 11) is -3.68. The van der Waals surface area contributed by atoms with Gasteiger partial charge in [-0.15, -0.1) is 0 Å². The number of sulfonamides is 1. The van der Waals surface area contributed by atoms with E-state index < -0.39 is 10.0 Å². The molecule has 2 rings (SSSR count). The Labute approximate surface area is 136 Å². The molecule has 0 aromatic heterocycles. The van der Waals surface area contributed by atoms with Gasteiger partial charge in [-0.3, -0.25) is 0 Å². The van der Waals surface area contributed by atoms with Crippen LogP contribution in [0.4, 0.5) is 0 Å². The molecule has 0 atom stereocenters. The van der Waals surface area contributed by atoms with Crippen LogP contribution in [0.2, 0.25) is 10.0 Å². The van der Waals surface area contributed by atoms with Crippen molar-refractivity contribution < 1.29 is 8.42 Å². The van der Waals surface area contributed by atoms with E-state index in [4.69, 9.17) is 23.2 Å². The molecule has 0 bridgehead atoms. The molecular weight excluding hydrogens is 385 g/mol. The van der Waals surface area contributed by atoms with Crippen molar-refractivity contribution >= 4 is 49.2 Å². The Morgan fingerprint density at radius 1 is 1.10 bits per heavy atom. The molecule has 0 heterocycles. The lowest BCUT2D eigenvalue weighted by Crippen LogP contribution is -2.23. The van der Waals surface area contributed by atoms with Crippen molar-refractivity contribution in [2.75, 3.05) is 0 Å². The van der Waals surface area contributed by atoms with Crippen LogP contribution in [0.15, 0.2) is 51.8 Å². The summed E-state index contributed by atoms with van der Waals surface area (Å²) in [6.45, 7) is 0.169. The average Bonchev–Trinajstić information content (AvgIpc) is 2.37. The summed E-state index contributed by atoms with van der Waals surface area (Å²) in [5.74, 6) is 0. The molecule has 2 aromatic rings. The van der Waals surface area contributed by atoms with Crippen LogP contribution in [-0.4, -0.2) is 8.42 Å². The molecule has 0 unspecified atom stereocenters. The fourth-order valence-electron chi connectivity index (χ4n) is 1.59. The van der Waals surface area contributed by atoms with Crippen LogP contribution in [0.3, 0.4) is 0 Å². The van der Waals surface area contributed by atoms with Crippen molar-refractivity contribution in [2.45, 2.75) is 11.4 Å². The number of hydrogen-bond donors (Lipinski definition) is 1. The zero-order valence-corrected chi connectivity index (χ0v) is 14.0. The van der Waals surface area contributed by atoms with Crippen molar-refractivity contribution in [3.8, 4) is 0 Å². The zero-order chi connectivity index (χ0) is 14.8. The Morgan fingerprint density at radius 3 is 2.45 bits per heavy atom. The highest BCUT2D eigenvalue weighted by Gasteiger charge is 2.18. The molecule has 0 radical (unpaired) electrons. The normalized spacial score (nSPS) is 11.6. The van der Waals surface area contributed by atoms with Crippen molar-refractivity contribution in [2.24, 2.45) is 0 Å². The summed E-state index contributed by atoms with van der Waals surface area (Å²) in [4.78, 5) is 0.00983. The molecule has 106 valence electrons. The minimum Gasteiger partial charge on any atom is -0.207 e. The van der Waals surface area contributed by atoms with E-state index in [0.29, 0.717) is 5.02 Å². The number of nitrogens with one attached hydrogen (secondary N) is 1. The maximum absolute atomic E-state index is 12.2. The summed E-state index contributed by atoms with van der Waals surface area (Å²) >= 11 is 15.0. The average molecular weight is 395 g/mol. The lowest BCUT2D eigenvalue weighted by molar-refractivity contribution is 0.581. The van der Waals surface area contributed by atoms with Crippen LogP contribution >= 0.6 is 39.1 Å². The number of halogens is 3. The standard InChI is InChI=1S/C13H10BrCl2NO2S/c14-11-4-2-1-3-9(11)8-17-20(18,19)13-6-5-10(15)7-12(13)16/h1-7,17H,8H2. The van der Waals surface area contributed by atoms with E-state index >= 15 is 0 Å². The molecule has 0 amide bonds. The van der Waals surface area contributed by atoms with Gasteiger partial charge in [0, 0.05) is 16.0 Å². The van der Waals surface area contributed by atoms with Crippen LogP contribution in [0.1, 0.15) is 5.56 Å². The van der Waals surface area contributed by atoms with E-state index in [2.05, 4.69) is 20.7 Å². The van der Waals surface area contributed by atoms with E-state index in [1.165, 1.54) is 18.2 Å². The zero-order valence-electron chi connectivity index (χ0n) is 10.1. The Hall–Kier alpha value is -0.590. The van der Waals surface area contributed by atoms with Crippen molar-refractivity contribution in [3.05, 3.63) is 62.5 Å². The van der Waals surface area contributed by atoms with Gasteiger partial charge in [0.1, 0.15) is 4.90 Å². The van der Waals surface area contributed by atoms with Gasteiger partial charge in [-0.05, 0) is 29.8 Å². The first kappa shape index (κ1) is 15.8. The molecule has 0 saturated carbocycles. The molecular formula is C13H10BrCl2NO2S. The van der Waals surface area contributed by atoms with E-state index in [-0.39, 0.29) is 16.5 Å². The van der Waals surface area contributed by atoms with Gasteiger partial charge < -0.3 is 0 Å². The first-order valence-corrected chi connectivity index (χ1v) is 8.61. The summed E-state index contributed by atoms with van der Waals surface area (Å²) < 4.78 is 27.7. The highest BCUT2D eigenvalue weighted by atomic mass is 79.9. The predicted octanol–water partition coefficient (Wildman–Crippen LogP) is 4.23. The second kappa shape index (κ2) is 6.45. The van der Waals surface area contributed by atoms with E-state index in [9.17, 15) is 8.42 Å². The van der Waals surface area contributed by atoms with Crippen LogP contribution in [-0.2, 0) is 16.6 Å². The minimum atomic E-state index is -3.68. The molecule has 0 spiro atoms. The predicted molar refractivity (Wildman–Crippen MR) is 84.6 cm³/mol. The Morgan fingerprint density at radius 2 is 1.80 bits per heavy atom. The highest BCUT2D eigenvalue weighted by Crippen LogP contribution is 2.25. The Balaban J connectivity index is 2.22. The fourth-order valence-corrected chi connectivity index (χ4v) is 3.79. The van der Waals surface area contributed by atoms with Gasteiger partial charge in [0.2, 0.25) is 10.0 Å². The first-order valence-electron chi connectivity index (χ1n) is 5.58. The van der Waals surface area contributed by atoms with E-state index in [0.717, 1.165) is 10.0 Å². The number of hydrogen-bond acceptors (Lipinski definition) is 2. The first-order chi connectivity index (χ1) is 9.40. The van der Waals surface area contributed by atoms with Crippen molar-refractivity contribution in [1.82, 2.24) is 4.72 Å².